The van der Waals surface area contributed by atoms with Crippen molar-refractivity contribution in [1.82, 2.24) is 35.3 Å². The van der Waals surface area contributed by atoms with Gasteiger partial charge in [-0.05, 0) is 35.0 Å². The van der Waals surface area contributed by atoms with Crippen LogP contribution in [0, 0.1) is 5.92 Å². The van der Waals surface area contributed by atoms with Gasteiger partial charge in [0.05, 0.1) is 12.1 Å². The minimum absolute atomic E-state index is 0. The largest absolute Gasteiger partial charge is 0.326 e. The van der Waals surface area contributed by atoms with Crippen molar-refractivity contribution >= 4 is 24.0 Å². The number of rotatable bonds is 5. The summed E-state index contributed by atoms with van der Waals surface area (Å²) in [6.07, 6.45) is 3.81. The minimum Gasteiger partial charge on any atom is -0.326 e. The van der Waals surface area contributed by atoms with Gasteiger partial charge in [-0.2, -0.15) is 5.10 Å². The smallest absolute Gasteiger partial charge is 0.229 e. The second kappa shape index (κ2) is 8.49. The van der Waals surface area contributed by atoms with Crippen molar-refractivity contribution in [2.24, 2.45) is 13.0 Å². The molecule has 3 heterocycles. The number of halogens is 1. The molecule has 0 aliphatic carbocycles. The number of hydrogen-bond acceptors (Lipinski definition) is 6. The number of tetrazole rings is 1. The second-order valence-corrected chi connectivity index (χ2v) is 6.71. The molecule has 0 spiro atoms. The lowest BCUT2D eigenvalue weighted by molar-refractivity contribution is -0.119. The molecule has 0 unspecified atom stereocenters. The number of benzene rings is 1. The molecule has 2 N–H and O–H groups in total. The summed E-state index contributed by atoms with van der Waals surface area (Å²) in [5, 5.41) is 22.4. The van der Waals surface area contributed by atoms with E-state index in [9.17, 15) is 4.79 Å². The van der Waals surface area contributed by atoms with Crippen LogP contribution in [0.15, 0.2) is 36.7 Å². The third kappa shape index (κ3) is 3.90. The van der Waals surface area contributed by atoms with Crippen molar-refractivity contribution in [2.75, 3.05) is 18.4 Å². The van der Waals surface area contributed by atoms with Crippen molar-refractivity contribution in [3.63, 3.8) is 0 Å². The molecule has 1 amide bonds. The summed E-state index contributed by atoms with van der Waals surface area (Å²) in [6.45, 7) is 4.09. The van der Waals surface area contributed by atoms with Crippen molar-refractivity contribution in [3.05, 3.63) is 42.2 Å². The molecule has 1 fully saturated rings. The van der Waals surface area contributed by atoms with Gasteiger partial charge in [-0.15, -0.1) is 17.5 Å². The molecular formula is C18H23ClN8O. The summed E-state index contributed by atoms with van der Waals surface area (Å²) in [4.78, 5) is 12.9. The Morgan fingerprint density at radius 2 is 2.21 bits per heavy atom. The number of nitrogens with zero attached hydrogens (tertiary/aromatic N) is 6. The van der Waals surface area contributed by atoms with E-state index in [2.05, 4.69) is 31.3 Å². The topological polar surface area (TPSA) is 103 Å². The maximum Gasteiger partial charge on any atom is 0.229 e. The van der Waals surface area contributed by atoms with E-state index >= 15 is 0 Å². The number of hydrogen-bond donors (Lipinski definition) is 2. The van der Waals surface area contributed by atoms with Gasteiger partial charge in [0, 0.05) is 50.0 Å². The van der Waals surface area contributed by atoms with Crippen molar-refractivity contribution < 1.29 is 4.79 Å². The van der Waals surface area contributed by atoms with Crippen LogP contribution in [-0.4, -0.2) is 49.0 Å². The van der Waals surface area contributed by atoms with Crippen LogP contribution >= 0.6 is 12.4 Å². The number of aromatic nitrogens is 6. The molecular weight excluding hydrogens is 380 g/mol. The number of carbonyl (C=O) groups excluding carboxylic acids is 1. The summed E-state index contributed by atoms with van der Waals surface area (Å²) in [6, 6.07) is 7.61. The molecule has 1 aromatic carbocycles. The first-order valence-corrected chi connectivity index (χ1v) is 9.02. The Hall–Kier alpha value is -2.78. The van der Waals surface area contributed by atoms with Gasteiger partial charge in [0.25, 0.3) is 0 Å². The van der Waals surface area contributed by atoms with Gasteiger partial charge < -0.3 is 10.6 Å². The summed E-state index contributed by atoms with van der Waals surface area (Å²) >= 11 is 0. The molecule has 4 rings (SSSR count). The molecule has 0 saturated carbocycles. The molecule has 1 saturated heterocycles. The van der Waals surface area contributed by atoms with E-state index in [0.29, 0.717) is 18.9 Å². The van der Waals surface area contributed by atoms with Crippen molar-refractivity contribution in [3.8, 4) is 11.4 Å². The highest BCUT2D eigenvalue weighted by atomic mass is 35.5. The van der Waals surface area contributed by atoms with E-state index in [1.54, 1.807) is 9.36 Å². The minimum atomic E-state index is -0.140. The predicted molar refractivity (Wildman–Crippen MR) is 107 cm³/mol. The fourth-order valence-electron chi connectivity index (χ4n) is 3.53. The number of nitrogens with one attached hydrogen (secondary N) is 2. The molecule has 148 valence electrons. The Balaban J connectivity index is 0.00000225. The summed E-state index contributed by atoms with van der Waals surface area (Å²) in [7, 11) is 1.89. The zero-order valence-corrected chi connectivity index (χ0v) is 16.6. The fraction of sp³-hybridized carbons (Fsp3) is 0.389. The monoisotopic (exact) mass is 402 g/mol. The Labute approximate surface area is 168 Å². The maximum absolute atomic E-state index is 12.9. The van der Waals surface area contributed by atoms with Crippen molar-refractivity contribution in [1.29, 1.82) is 0 Å². The first kappa shape index (κ1) is 20.0. The van der Waals surface area contributed by atoms with Gasteiger partial charge in [-0.25, -0.2) is 4.68 Å². The van der Waals surface area contributed by atoms with Gasteiger partial charge >= 0.3 is 0 Å². The van der Waals surface area contributed by atoms with E-state index in [0.717, 1.165) is 23.4 Å². The van der Waals surface area contributed by atoms with Gasteiger partial charge in [0.2, 0.25) is 5.91 Å². The third-order valence-corrected chi connectivity index (χ3v) is 4.92. The van der Waals surface area contributed by atoms with Gasteiger partial charge in [-0.3, -0.25) is 9.48 Å². The highest BCUT2D eigenvalue weighted by Crippen LogP contribution is 2.29. The first-order valence-electron chi connectivity index (χ1n) is 9.02. The summed E-state index contributed by atoms with van der Waals surface area (Å²) in [5.74, 6) is 0.665. The average Bonchev–Trinajstić information content (AvgIpc) is 3.41. The molecule has 28 heavy (non-hydrogen) atoms. The Kier molecular flexibility index (Phi) is 6.05. The van der Waals surface area contributed by atoms with Gasteiger partial charge in [-0.1, -0.05) is 12.1 Å². The second-order valence-electron chi connectivity index (χ2n) is 6.71. The lowest BCUT2D eigenvalue weighted by atomic mass is 9.90. The molecule has 9 nitrogen and oxygen atoms in total. The van der Waals surface area contributed by atoms with Gasteiger partial charge in [0.15, 0.2) is 5.82 Å². The predicted octanol–water partition coefficient (Wildman–Crippen LogP) is 1.46. The van der Waals surface area contributed by atoms with E-state index in [-0.39, 0.29) is 30.2 Å². The normalized spacial score (nSPS) is 18.6. The summed E-state index contributed by atoms with van der Waals surface area (Å²) < 4.78 is 3.49. The standard InChI is InChI=1S/C18H22N8O.ClH/c1-3-26-17(22-23-24-26)12-5-4-6-14(7-12)21-18(27)16-10-19-9-15(16)13-8-20-25(2)11-13;/h4-8,11,15-16,19H,3,9-10H2,1-2H3,(H,21,27);1H/t15-,16+;/m1./s1. The Bertz CT molecular complexity index is 952. The number of amides is 1. The van der Waals surface area contributed by atoms with Crippen LogP contribution < -0.4 is 10.6 Å². The fourth-order valence-corrected chi connectivity index (χ4v) is 3.53. The zero-order chi connectivity index (χ0) is 18.8. The average molecular weight is 403 g/mol. The van der Waals surface area contributed by atoms with Crippen LogP contribution in [-0.2, 0) is 18.4 Å². The molecule has 1 aliphatic rings. The Morgan fingerprint density at radius 3 is 2.96 bits per heavy atom. The number of aryl methyl sites for hydroxylation is 2. The highest BCUT2D eigenvalue weighted by Gasteiger charge is 2.34. The molecule has 3 aromatic rings. The van der Waals surface area contributed by atoms with Crippen LogP contribution in [0.3, 0.4) is 0 Å². The summed E-state index contributed by atoms with van der Waals surface area (Å²) in [5.41, 5.74) is 2.69. The quantitative estimate of drug-likeness (QED) is 0.669. The maximum atomic E-state index is 12.9. The number of anilines is 1. The zero-order valence-electron chi connectivity index (χ0n) is 15.7. The number of carbonyl (C=O) groups is 1. The van der Waals surface area contributed by atoms with E-state index in [1.807, 2.05) is 50.6 Å². The van der Waals surface area contributed by atoms with Crippen LogP contribution in [0.5, 0.6) is 0 Å². The van der Waals surface area contributed by atoms with Crippen molar-refractivity contribution in [2.45, 2.75) is 19.4 Å². The lowest BCUT2D eigenvalue weighted by Gasteiger charge is -2.17. The Morgan fingerprint density at radius 1 is 1.36 bits per heavy atom. The van der Waals surface area contributed by atoms with E-state index < -0.39 is 0 Å². The van der Waals surface area contributed by atoms with Gasteiger partial charge in [0.1, 0.15) is 0 Å². The highest BCUT2D eigenvalue weighted by molar-refractivity contribution is 5.94. The van der Waals surface area contributed by atoms with E-state index in [4.69, 9.17) is 0 Å². The molecule has 1 aliphatic heterocycles. The van der Waals surface area contributed by atoms with Crippen LogP contribution in [0.2, 0.25) is 0 Å². The third-order valence-electron chi connectivity index (χ3n) is 4.92. The molecule has 0 bridgehead atoms. The van der Waals surface area contributed by atoms with Crippen LogP contribution in [0.1, 0.15) is 18.4 Å². The van der Waals surface area contributed by atoms with Crippen LogP contribution in [0.25, 0.3) is 11.4 Å². The molecule has 2 aromatic heterocycles. The molecule has 2 atom stereocenters. The lowest BCUT2D eigenvalue weighted by Crippen LogP contribution is -2.28. The molecule has 0 radical (unpaired) electrons. The molecule has 10 heteroatoms. The SMILES string of the molecule is CCn1nnnc1-c1cccc(NC(=O)[C@H]2CNC[C@@H]2c2cnn(C)c2)c1.Cl. The first-order chi connectivity index (χ1) is 13.2. The van der Waals surface area contributed by atoms with E-state index in [1.165, 1.54) is 0 Å². The van der Waals surface area contributed by atoms with Crippen LogP contribution in [0.4, 0.5) is 5.69 Å².